The molecule has 2 heterocycles. The maximum atomic E-state index is 12.4. The van der Waals surface area contributed by atoms with Crippen LogP contribution in [0.1, 0.15) is 29.9 Å². The van der Waals surface area contributed by atoms with E-state index in [9.17, 15) is 9.59 Å². The summed E-state index contributed by atoms with van der Waals surface area (Å²) >= 11 is 1.78. The Morgan fingerprint density at radius 2 is 1.96 bits per heavy atom. The zero-order valence-electron chi connectivity index (χ0n) is 15.2. The Labute approximate surface area is 158 Å². The van der Waals surface area contributed by atoms with Crippen LogP contribution < -0.4 is 10.6 Å². The third-order valence-electron chi connectivity index (χ3n) is 4.37. The number of carbonyl (C=O) groups is 2. The minimum absolute atomic E-state index is 0.0220. The molecule has 0 aliphatic carbocycles. The van der Waals surface area contributed by atoms with E-state index in [-0.39, 0.29) is 24.4 Å². The minimum atomic E-state index is 0.0220. The number of rotatable bonds is 6. The van der Waals surface area contributed by atoms with Crippen molar-refractivity contribution in [3.8, 4) is 0 Å². The molecule has 0 spiro atoms. The van der Waals surface area contributed by atoms with Crippen molar-refractivity contribution in [1.29, 1.82) is 0 Å². The van der Waals surface area contributed by atoms with Crippen LogP contribution in [0, 0.1) is 0 Å². The summed E-state index contributed by atoms with van der Waals surface area (Å²) in [5.74, 6) is 0.135. The smallest absolute Gasteiger partial charge is 0.242 e. The van der Waals surface area contributed by atoms with Gasteiger partial charge in [0.15, 0.2) is 0 Å². The van der Waals surface area contributed by atoms with E-state index in [1.54, 1.807) is 11.3 Å². The topological polar surface area (TPSA) is 61.4 Å². The summed E-state index contributed by atoms with van der Waals surface area (Å²) in [4.78, 5) is 27.5. The predicted octanol–water partition coefficient (Wildman–Crippen LogP) is 2.81. The number of carbonyl (C=O) groups excluding carboxylic acids is 2. The van der Waals surface area contributed by atoms with E-state index in [2.05, 4.69) is 22.1 Å². The van der Waals surface area contributed by atoms with Gasteiger partial charge in [-0.3, -0.25) is 9.59 Å². The lowest BCUT2D eigenvalue weighted by atomic mass is 10.1. The van der Waals surface area contributed by atoms with Crippen LogP contribution in [0.4, 0.5) is 5.69 Å². The first-order valence-electron chi connectivity index (χ1n) is 8.96. The lowest BCUT2D eigenvalue weighted by Crippen LogP contribution is -2.38. The lowest BCUT2D eigenvalue weighted by Gasteiger charge is -2.27. The van der Waals surface area contributed by atoms with E-state index < -0.39 is 0 Å². The Kier molecular flexibility index (Phi) is 5.93. The molecule has 1 aliphatic heterocycles. The summed E-state index contributed by atoms with van der Waals surface area (Å²) in [6.45, 7) is 5.68. The fraction of sp³-hybridized carbons (Fsp3) is 0.400. The van der Waals surface area contributed by atoms with Gasteiger partial charge in [0, 0.05) is 29.7 Å². The maximum absolute atomic E-state index is 12.4. The molecule has 3 rings (SSSR count). The van der Waals surface area contributed by atoms with Gasteiger partial charge < -0.3 is 15.5 Å². The summed E-state index contributed by atoms with van der Waals surface area (Å²) in [5.41, 5.74) is 3.12. The molecule has 2 aromatic rings. The number of hydrogen-bond acceptors (Lipinski definition) is 4. The van der Waals surface area contributed by atoms with E-state index >= 15 is 0 Å². The summed E-state index contributed by atoms with van der Waals surface area (Å²) in [6, 6.07) is 9.93. The number of hydrogen-bond donors (Lipinski definition) is 2. The second-order valence-electron chi connectivity index (χ2n) is 6.88. The quantitative estimate of drug-likeness (QED) is 0.821. The second kappa shape index (κ2) is 8.36. The summed E-state index contributed by atoms with van der Waals surface area (Å²) in [6.07, 6.45) is 1.32. The summed E-state index contributed by atoms with van der Waals surface area (Å²) in [7, 11) is 0. The SMILES string of the molecule is CC(C)NC(=O)Cc1ccc(NCC(=O)N2CCc3sccc3C2)cc1. The number of amides is 2. The molecule has 0 fully saturated rings. The molecule has 0 atom stereocenters. The number of fused-ring (bicyclic) bond motifs is 1. The molecule has 0 saturated carbocycles. The molecular formula is C20H25N3O2S. The highest BCUT2D eigenvalue weighted by Gasteiger charge is 2.21. The molecular weight excluding hydrogens is 346 g/mol. The van der Waals surface area contributed by atoms with Crippen LogP contribution in [-0.2, 0) is 29.0 Å². The van der Waals surface area contributed by atoms with Gasteiger partial charge in [0.2, 0.25) is 11.8 Å². The molecule has 0 bridgehead atoms. The van der Waals surface area contributed by atoms with E-state index in [4.69, 9.17) is 0 Å². The van der Waals surface area contributed by atoms with Crippen molar-refractivity contribution in [1.82, 2.24) is 10.2 Å². The molecule has 6 heteroatoms. The standard InChI is InChI=1S/C20H25N3O2S/c1-14(2)22-19(24)11-15-3-5-17(6-4-15)21-12-20(25)23-9-7-18-16(13-23)8-10-26-18/h3-6,8,10,14,21H,7,9,11-13H2,1-2H3,(H,22,24). The highest BCUT2D eigenvalue weighted by molar-refractivity contribution is 7.10. The van der Waals surface area contributed by atoms with Crippen molar-refractivity contribution in [2.75, 3.05) is 18.4 Å². The van der Waals surface area contributed by atoms with Gasteiger partial charge in [-0.15, -0.1) is 11.3 Å². The molecule has 1 aliphatic rings. The van der Waals surface area contributed by atoms with Crippen LogP contribution >= 0.6 is 11.3 Å². The van der Waals surface area contributed by atoms with Crippen LogP contribution in [-0.4, -0.2) is 35.8 Å². The minimum Gasteiger partial charge on any atom is -0.376 e. The Morgan fingerprint density at radius 3 is 2.69 bits per heavy atom. The maximum Gasteiger partial charge on any atom is 0.242 e. The van der Waals surface area contributed by atoms with Crippen LogP contribution in [0.15, 0.2) is 35.7 Å². The molecule has 0 radical (unpaired) electrons. The Balaban J connectivity index is 1.47. The van der Waals surface area contributed by atoms with Gasteiger partial charge in [-0.25, -0.2) is 0 Å². The van der Waals surface area contributed by atoms with E-state index in [0.717, 1.165) is 24.2 Å². The summed E-state index contributed by atoms with van der Waals surface area (Å²) < 4.78 is 0. The van der Waals surface area contributed by atoms with Gasteiger partial charge in [0.25, 0.3) is 0 Å². The molecule has 0 unspecified atom stereocenters. The van der Waals surface area contributed by atoms with Gasteiger partial charge in [0.1, 0.15) is 0 Å². The van der Waals surface area contributed by atoms with E-state index in [1.807, 2.05) is 43.0 Å². The van der Waals surface area contributed by atoms with Crippen LogP contribution in [0.2, 0.25) is 0 Å². The molecule has 1 aromatic heterocycles. The van der Waals surface area contributed by atoms with Crippen LogP contribution in [0.5, 0.6) is 0 Å². The molecule has 26 heavy (non-hydrogen) atoms. The number of nitrogens with zero attached hydrogens (tertiary/aromatic N) is 1. The Hall–Kier alpha value is -2.34. The monoisotopic (exact) mass is 371 g/mol. The van der Waals surface area contributed by atoms with Gasteiger partial charge in [0.05, 0.1) is 13.0 Å². The van der Waals surface area contributed by atoms with E-state index in [1.165, 1.54) is 10.4 Å². The lowest BCUT2D eigenvalue weighted by molar-refractivity contribution is -0.130. The molecule has 138 valence electrons. The van der Waals surface area contributed by atoms with Gasteiger partial charge in [-0.1, -0.05) is 12.1 Å². The van der Waals surface area contributed by atoms with Gasteiger partial charge >= 0.3 is 0 Å². The zero-order chi connectivity index (χ0) is 18.5. The van der Waals surface area contributed by atoms with Crippen molar-refractivity contribution in [2.24, 2.45) is 0 Å². The molecule has 2 amide bonds. The zero-order valence-corrected chi connectivity index (χ0v) is 16.1. The van der Waals surface area contributed by atoms with Crippen molar-refractivity contribution in [2.45, 2.75) is 39.3 Å². The Morgan fingerprint density at radius 1 is 1.19 bits per heavy atom. The van der Waals surface area contributed by atoms with Crippen molar-refractivity contribution < 1.29 is 9.59 Å². The van der Waals surface area contributed by atoms with Crippen molar-refractivity contribution in [3.05, 3.63) is 51.7 Å². The number of thiophene rings is 1. The van der Waals surface area contributed by atoms with Crippen LogP contribution in [0.25, 0.3) is 0 Å². The molecule has 0 saturated heterocycles. The average Bonchev–Trinajstić information content (AvgIpc) is 3.07. The van der Waals surface area contributed by atoms with Crippen LogP contribution in [0.3, 0.4) is 0 Å². The largest absolute Gasteiger partial charge is 0.376 e. The average molecular weight is 372 g/mol. The molecule has 2 N–H and O–H groups in total. The third-order valence-corrected chi connectivity index (χ3v) is 5.40. The van der Waals surface area contributed by atoms with E-state index in [0.29, 0.717) is 13.0 Å². The normalized spacial score (nSPS) is 13.4. The third kappa shape index (κ3) is 4.85. The van der Waals surface area contributed by atoms with Gasteiger partial charge in [-0.2, -0.15) is 0 Å². The first-order chi connectivity index (χ1) is 12.5. The predicted molar refractivity (Wildman–Crippen MR) is 105 cm³/mol. The number of nitrogens with one attached hydrogen (secondary N) is 2. The first kappa shape index (κ1) is 18.5. The Bertz CT molecular complexity index is 768. The fourth-order valence-corrected chi connectivity index (χ4v) is 3.94. The fourth-order valence-electron chi connectivity index (χ4n) is 3.05. The number of benzene rings is 1. The molecule has 5 nitrogen and oxygen atoms in total. The highest BCUT2D eigenvalue weighted by atomic mass is 32.1. The van der Waals surface area contributed by atoms with Crippen molar-refractivity contribution >= 4 is 28.8 Å². The highest BCUT2D eigenvalue weighted by Crippen LogP contribution is 2.24. The van der Waals surface area contributed by atoms with Gasteiger partial charge in [-0.05, 0) is 55.0 Å². The summed E-state index contributed by atoms with van der Waals surface area (Å²) in [5, 5.41) is 8.16. The second-order valence-corrected chi connectivity index (χ2v) is 7.88. The number of anilines is 1. The van der Waals surface area contributed by atoms with Crippen molar-refractivity contribution in [3.63, 3.8) is 0 Å². The first-order valence-corrected chi connectivity index (χ1v) is 9.84. The molecule has 1 aromatic carbocycles.